The zero-order valence-corrected chi connectivity index (χ0v) is 18.0. The molecular weight excluding hydrogens is 392 g/mol. The van der Waals surface area contributed by atoms with Crippen molar-refractivity contribution in [2.24, 2.45) is 5.92 Å². The van der Waals surface area contributed by atoms with Crippen molar-refractivity contribution in [3.63, 3.8) is 0 Å². The Bertz CT molecular complexity index is 757. The molecule has 4 rings (SSSR count). The minimum atomic E-state index is -0.542. The quantitative estimate of drug-likeness (QED) is 0.661. The lowest BCUT2D eigenvalue weighted by atomic mass is 9.90. The number of benzene rings is 1. The number of aliphatic hydroxyl groups excluding tert-OH is 2. The van der Waals surface area contributed by atoms with Gasteiger partial charge in [-0.25, -0.2) is 0 Å². The van der Waals surface area contributed by atoms with Crippen molar-refractivity contribution in [3.05, 3.63) is 45.8 Å². The Kier molecular flexibility index (Phi) is 6.09. The first-order valence-electron chi connectivity index (χ1n) is 10.00. The molecular formula is C21H28N2O3S2. The van der Waals surface area contributed by atoms with Crippen LogP contribution in [0, 0.1) is 5.92 Å². The van der Waals surface area contributed by atoms with Crippen molar-refractivity contribution in [2.75, 3.05) is 19.6 Å². The van der Waals surface area contributed by atoms with Crippen LogP contribution in [0.1, 0.15) is 38.4 Å². The summed E-state index contributed by atoms with van der Waals surface area (Å²) in [4.78, 5) is 16.6. The number of aliphatic hydroxyl groups is 2. The molecule has 0 aliphatic carbocycles. The summed E-state index contributed by atoms with van der Waals surface area (Å²) in [6, 6.07) is 9.83. The van der Waals surface area contributed by atoms with Gasteiger partial charge in [0.05, 0.1) is 22.4 Å². The molecule has 152 valence electrons. The second-order valence-corrected chi connectivity index (χ2v) is 10.5. The van der Waals surface area contributed by atoms with Crippen LogP contribution in [-0.2, 0) is 4.79 Å². The molecule has 1 amide bonds. The number of allylic oxidation sites excluding steroid dienone is 1. The summed E-state index contributed by atoms with van der Waals surface area (Å²) >= 11 is 3.61. The first-order valence-corrected chi connectivity index (χ1v) is 11.8. The van der Waals surface area contributed by atoms with E-state index in [2.05, 4.69) is 4.90 Å². The smallest absolute Gasteiger partial charge is 0.236 e. The Labute approximate surface area is 175 Å². The van der Waals surface area contributed by atoms with E-state index in [0.29, 0.717) is 18.2 Å². The van der Waals surface area contributed by atoms with Crippen molar-refractivity contribution >= 4 is 29.4 Å². The van der Waals surface area contributed by atoms with Crippen molar-refractivity contribution in [2.45, 2.75) is 49.5 Å². The maximum atomic E-state index is 12.4. The van der Waals surface area contributed by atoms with Gasteiger partial charge in [-0.15, -0.1) is 11.8 Å². The first-order chi connectivity index (χ1) is 13.5. The second kappa shape index (κ2) is 8.40. The SMILES string of the molecule is CC[C@H](O)[C@@H]1C(=O)N2C(C)=C(S[C@H]3CCN(CC(O)c4ccccc4)C3)S[C@H]12. The lowest BCUT2D eigenvalue weighted by molar-refractivity contribution is -0.153. The Morgan fingerprint density at radius 3 is 2.75 bits per heavy atom. The van der Waals surface area contributed by atoms with Crippen molar-refractivity contribution < 1.29 is 15.0 Å². The number of hydrogen-bond acceptors (Lipinski definition) is 6. The summed E-state index contributed by atoms with van der Waals surface area (Å²) < 4.78 is 1.22. The van der Waals surface area contributed by atoms with E-state index in [0.717, 1.165) is 30.8 Å². The summed E-state index contributed by atoms with van der Waals surface area (Å²) in [6.07, 6.45) is 0.704. The zero-order chi connectivity index (χ0) is 19.8. The molecule has 1 unspecified atom stereocenters. The second-order valence-electron chi connectivity index (χ2n) is 7.81. The van der Waals surface area contributed by atoms with Crippen LogP contribution >= 0.6 is 23.5 Å². The topological polar surface area (TPSA) is 64.0 Å². The number of likely N-dealkylation sites (tertiary alicyclic amines) is 1. The van der Waals surface area contributed by atoms with Gasteiger partial charge in [-0.1, -0.05) is 49.0 Å². The van der Waals surface area contributed by atoms with Crippen LogP contribution in [0.25, 0.3) is 0 Å². The summed E-state index contributed by atoms with van der Waals surface area (Å²) in [5.41, 5.74) is 2.01. The van der Waals surface area contributed by atoms with Crippen LogP contribution < -0.4 is 0 Å². The minimum absolute atomic E-state index is 0.0685. The molecule has 0 aromatic heterocycles. The van der Waals surface area contributed by atoms with Crippen LogP contribution in [0.5, 0.6) is 0 Å². The summed E-state index contributed by atoms with van der Waals surface area (Å²) in [7, 11) is 0. The summed E-state index contributed by atoms with van der Waals surface area (Å²) in [5.74, 6) is -0.192. The lowest BCUT2D eigenvalue weighted by Gasteiger charge is -2.44. The molecule has 2 N–H and O–H groups in total. The first kappa shape index (κ1) is 20.3. The predicted molar refractivity (Wildman–Crippen MR) is 115 cm³/mol. The van der Waals surface area contributed by atoms with Gasteiger partial charge in [-0.3, -0.25) is 9.69 Å². The van der Waals surface area contributed by atoms with Gasteiger partial charge in [0.15, 0.2) is 0 Å². The third kappa shape index (κ3) is 3.75. The van der Waals surface area contributed by atoms with Gasteiger partial charge in [-0.2, -0.15) is 0 Å². The Balaban J connectivity index is 1.31. The van der Waals surface area contributed by atoms with E-state index in [4.69, 9.17) is 0 Å². The molecule has 5 nitrogen and oxygen atoms in total. The molecule has 3 aliphatic heterocycles. The summed E-state index contributed by atoms with van der Waals surface area (Å²) in [5, 5.41) is 21.2. The lowest BCUT2D eigenvalue weighted by Crippen LogP contribution is -2.60. The molecule has 5 atom stereocenters. The fraction of sp³-hybridized carbons (Fsp3) is 0.571. The van der Waals surface area contributed by atoms with E-state index in [1.54, 1.807) is 11.8 Å². The van der Waals surface area contributed by atoms with Crippen molar-refractivity contribution in [3.8, 4) is 0 Å². The number of amides is 1. The number of thioether (sulfide) groups is 2. The van der Waals surface area contributed by atoms with Gasteiger partial charge in [0.1, 0.15) is 5.37 Å². The van der Waals surface area contributed by atoms with Gasteiger partial charge < -0.3 is 15.1 Å². The number of nitrogens with zero attached hydrogens (tertiary/aromatic N) is 2. The standard InChI is InChI=1S/C21H28N2O3S2/c1-3-16(24)18-19(26)23-13(2)21(28-20(18)23)27-15-9-10-22(11-15)12-17(25)14-7-5-4-6-8-14/h4-8,15-18,20,24-25H,3,9-12H2,1-2H3/t15-,16-,17?,18+,20+/m0/s1. The Morgan fingerprint density at radius 1 is 1.29 bits per heavy atom. The monoisotopic (exact) mass is 420 g/mol. The Morgan fingerprint density at radius 2 is 2.04 bits per heavy atom. The van der Waals surface area contributed by atoms with Crippen LogP contribution in [0.3, 0.4) is 0 Å². The van der Waals surface area contributed by atoms with E-state index in [-0.39, 0.29) is 17.2 Å². The molecule has 2 fully saturated rings. The number of carbonyl (C=O) groups is 1. The van der Waals surface area contributed by atoms with Gasteiger partial charge in [-0.05, 0) is 31.9 Å². The highest BCUT2D eigenvalue weighted by atomic mass is 32.2. The molecule has 0 spiro atoms. The van der Waals surface area contributed by atoms with E-state index in [1.807, 2.05) is 60.8 Å². The van der Waals surface area contributed by atoms with Gasteiger partial charge >= 0.3 is 0 Å². The molecule has 0 bridgehead atoms. The highest BCUT2D eigenvalue weighted by Crippen LogP contribution is 2.55. The highest BCUT2D eigenvalue weighted by Gasteiger charge is 2.55. The van der Waals surface area contributed by atoms with E-state index < -0.39 is 12.2 Å². The molecule has 3 aliphatic rings. The van der Waals surface area contributed by atoms with E-state index in [1.165, 1.54) is 4.24 Å². The molecule has 0 radical (unpaired) electrons. The number of rotatable bonds is 7. The number of carbonyl (C=O) groups excluding carboxylic acids is 1. The fourth-order valence-electron chi connectivity index (χ4n) is 4.22. The largest absolute Gasteiger partial charge is 0.392 e. The number of hydrogen-bond donors (Lipinski definition) is 2. The predicted octanol–water partition coefficient (Wildman–Crippen LogP) is 3.02. The molecule has 2 saturated heterocycles. The maximum absolute atomic E-state index is 12.4. The van der Waals surface area contributed by atoms with Crippen molar-refractivity contribution in [1.29, 1.82) is 0 Å². The zero-order valence-electron chi connectivity index (χ0n) is 16.3. The molecule has 0 saturated carbocycles. The summed E-state index contributed by atoms with van der Waals surface area (Å²) in [6.45, 7) is 6.54. The minimum Gasteiger partial charge on any atom is -0.392 e. The van der Waals surface area contributed by atoms with Crippen LogP contribution in [0.15, 0.2) is 40.3 Å². The van der Waals surface area contributed by atoms with Gasteiger partial charge in [0.2, 0.25) is 5.91 Å². The van der Waals surface area contributed by atoms with Crippen LogP contribution in [0.4, 0.5) is 0 Å². The van der Waals surface area contributed by atoms with E-state index in [9.17, 15) is 15.0 Å². The molecule has 7 heteroatoms. The Hall–Kier alpha value is -0.990. The number of β-amino-alcohol motifs (C(OH)–C–C–N with tert-alkyl or cyclic N) is 1. The van der Waals surface area contributed by atoms with Gasteiger partial charge in [0, 0.05) is 24.0 Å². The highest BCUT2D eigenvalue weighted by molar-refractivity contribution is 8.23. The van der Waals surface area contributed by atoms with Gasteiger partial charge in [0.25, 0.3) is 0 Å². The normalized spacial score (nSPS) is 29.8. The molecule has 28 heavy (non-hydrogen) atoms. The fourth-order valence-corrected chi connectivity index (χ4v) is 7.53. The average molecular weight is 421 g/mol. The molecule has 1 aromatic carbocycles. The third-order valence-corrected chi connectivity index (χ3v) is 8.98. The van der Waals surface area contributed by atoms with Crippen LogP contribution in [0.2, 0.25) is 0 Å². The number of β-lactam (4-membered cyclic amide) rings is 1. The van der Waals surface area contributed by atoms with Crippen molar-refractivity contribution in [1.82, 2.24) is 9.80 Å². The molecule has 3 heterocycles. The average Bonchev–Trinajstić information content (AvgIpc) is 3.24. The van der Waals surface area contributed by atoms with E-state index >= 15 is 0 Å². The maximum Gasteiger partial charge on any atom is 0.236 e. The van der Waals surface area contributed by atoms with Crippen LogP contribution in [-0.4, -0.2) is 62.3 Å². The third-order valence-electron chi connectivity index (χ3n) is 5.92. The number of fused-ring (bicyclic) bond motifs is 1. The molecule has 1 aromatic rings.